The fourth-order valence-electron chi connectivity index (χ4n) is 3.23. The van der Waals surface area contributed by atoms with Crippen molar-refractivity contribution in [2.45, 2.75) is 33.4 Å². The van der Waals surface area contributed by atoms with Gasteiger partial charge in [-0.25, -0.2) is 9.78 Å². The second-order valence-corrected chi connectivity index (χ2v) is 7.60. The van der Waals surface area contributed by atoms with Crippen molar-refractivity contribution in [2.75, 3.05) is 11.9 Å². The van der Waals surface area contributed by atoms with E-state index in [4.69, 9.17) is 0 Å². The van der Waals surface area contributed by atoms with Crippen LogP contribution in [-0.2, 0) is 13.1 Å². The molecule has 0 saturated carbocycles. The van der Waals surface area contributed by atoms with Gasteiger partial charge >= 0.3 is 6.03 Å². The lowest BCUT2D eigenvalue weighted by Gasteiger charge is -2.20. The molecule has 0 spiro atoms. The first-order chi connectivity index (χ1) is 12.6. The summed E-state index contributed by atoms with van der Waals surface area (Å²) in [5, 5.41) is 10.6. The van der Waals surface area contributed by atoms with Gasteiger partial charge in [0.25, 0.3) is 0 Å². The number of aryl methyl sites for hydroxylation is 3. The summed E-state index contributed by atoms with van der Waals surface area (Å²) in [6.07, 6.45) is 0.902. The Bertz CT molecular complexity index is 945. The molecule has 4 rings (SSSR count). The Morgan fingerprint density at radius 1 is 1.23 bits per heavy atom. The fourth-order valence-corrected chi connectivity index (χ4v) is 3.86. The standard InChI is InChI=1S/C19H21N5OS/c1-13-9-17-11-23(7-4-8-24(17)22-13)19(25)21-16-6-3-5-15(10-16)18-12-26-14(2)20-18/h3,5-6,9-10,12H,4,7-8,11H2,1-2H3,(H,21,25). The van der Waals surface area contributed by atoms with Crippen LogP contribution in [0.3, 0.4) is 0 Å². The van der Waals surface area contributed by atoms with E-state index in [0.29, 0.717) is 6.54 Å². The first-order valence-electron chi connectivity index (χ1n) is 8.70. The monoisotopic (exact) mass is 367 g/mol. The molecular weight excluding hydrogens is 346 g/mol. The van der Waals surface area contributed by atoms with E-state index in [1.165, 1.54) is 0 Å². The average Bonchev–Trinajstić information content (AvgIpc) is 3.14. The number of thiazole rings is 1. The first kappa shape index (κ1) is 16.8. The highest BCUT2D eigenvalue weighted by Crippen LogP contribution is 2.24. The van der Waals surface area contributed by atoms with Gasteiger partial charge in [0.05, 0.1) is 28.6 Å². The van der Waals surface area contributed by atoms with Crippen LogP contribution < -0.4 is 5.32 Å². The van der Waals surface area contributed by atoms with Gasteiger partial charge in [0.1, 0.15) is 0 Å². The van der Waals surface area contributed by atoms with E-state index in [2.05, 4.69) is 21.5 Å². The molecule has 0 radical (unpaired) electrons. The molecule has 3 aromatic rings. The van der Waals surface area contributed by atoms with Crippen molar-refractivity contribution < 1.29 is 4.79 Å². The maximum absolute atomic E-state index is 12.8. The zero-order chi connectivity index (χ0) is 18.1. The Morgan fingerprint density at radius 3 is 2.92 bits per heavy atom. The molecule has 0 aliphatic carbocycles. The molecule has 0 unspecified atom stereocenters. The van der Waals surface area contributed by atoms with Crippen molar-refractivity contribution in [1.82, 2.24) is 19.7 Å². The highest BCUT2D eigenvalue weighted by molar-refractivity contribution is 7.09. The summed E-state index contributed by atoms with van der Waals surface area (Å²) in [7, 11) is 0. The molecular formula is C19H21N5OS. The number of hydrogen-bond acceptors (Lipinski definition) is 4. The van der Waals surface area contributed by atoms with Gasteiger partial charge < -0.3 is 10.2 Å². The average molecular weight is 367 g/mol. The van der Waals surface area contributed by atoms with Gasteiger partial charge in [-0.05, 0) is 38.5 Å². The third-order valence-electron chi connectivity index (χ3n) is 4.45. The van der Waals surface area contributed by atoms with Gasteiger partial charge in [0, 0.05) is 29.7 Å². The minimum atomic E-state index is -0.0797. The Hall–Kier alpha value is -2.67. The van der Waals surface area contributed by atoms with Crippen molar-refractivity contribution in [3.05, 3.63) is 52.1 Å². The molecule has 7 heteroatoms. The van der Waals surface area contributed by atoms with Gasteiger partial charge in [-0.2, -0.15) is 5.10 Å². The van der Waals surface area contributed by atoms with Crippen molar-refractivity contribution >= 4 is 23.1 Å². The smallest absolute Gasteiger partial charge is 0.319 e. The maximum atomic E-state index is 12.8. The molecule has 0 saturated heterocycles. The normalized spacial score (nSPS) is 14.0. The lowest BCUT2D eigenvalue weighted by atomic mass is 10.1. The number of nitrogens with zero attached hydrogens (tertiary/aromatic N) is 4. The van der Waals surface area contributed by atoms with E-state index < -0.39 is 0 Å². The van der Waals surface area contributed by atoms with Crippen LogP contribution in [0, 0.1) is 13.8 Å². The number of benzene rings is 1. The number of anilines is 1. The van der Waals surface area contributed by atoms with Crippen molar-refractivity contribution in [2.24, 2.45) is 0 Å². The molecule has 0 atom stereocenters. The fraction of sp³-hybridized carbons (Fsp3) is 0.316. The molecule has 6 nitrogen and oxygen atoms in total. The third-order valence-corrected chi connectivity index (χ3v) is 5.23. The Morgan fingerprint density at radius 2 is 2.12 bits per heavy atom. The van der Waals surface area contributed by atoms with Gasteiger partial charge in [-0.15, -0.1) is 11.3 Å². The summed E-state index contributed by atoms with van der Waals surface area (Å²) in [6.45, 7) is 6.13. The van der Waals surface area contributed by atoms with Gasteiger partial charge in [0.15, 0.2) is 0 Å². The van der Waals surface area contributed by atoms with E-state index in [0.717, 1.165) is 52.9 Å². The van der Waals surface area contributed by atoms with Crippen LogP contribution in [0.15, 0.2) is 35.7 Å². The molecule has 0 fully saturated rings. The zero-order valence-electron chi connectivity index (χ0n) is 14.9. The number of urea groups is 1. The number of nitrogens with one attached hydrogen (secondary N) is 1. The van der Waals surface area contributed by atoms with Crippen LogP contribution in [0.2, 0.25) is 0 Å². The first-order valence-corrected chi connectivity index (χ1v) is 9.58. The summed E-state index contributed by atoms with van der Waals surface area (Å²) in [4.78, 5) is 19.1. The molecule has 1 aromatic carbocycles. The summed E-state index contributed by atoms with van der Waals surface area (Å²) >= 11 is 1.62. The quantitative estimate of drug-likeness (QED) is 0.743. The lowest BCUT2D eigenvalue weighted by Crippen LogP contribution is -2.34. The molecule has 1 aliphatic rings. The molecule has 1 aliphatic heterocycles. The Balaban J connectivity index is 1.49. The number of hydrogen-bond donors (Lipinski definition) is 1. The molecule has 3 heterocycles. The number of fused-ring (bicyclic) bond motifs is 1. The summed E-state index contributed by atoms with van der Waals surface area (Å²) in [6, 6.07) is 9.81. The van der Waals surface area contributed by atoms with Crippen LogP contribution in [0.5, 0.6) is 0 Å². The van der Waals surface area contributed by atoms with E-state index in [1.54, 1.807) is 11.3 Å². The second-order valence-electron chi connectivity index (χ2n) is 6.54. The molecule has 2 amide bonds. The van der Waals surface area contributed by atoms with Crippen LogP contribution in [-0.4, -0.2) is 32.2 Å². The molecule has 0 bridgehead atoms. The van der Waals surface area contributed by atoms with E-state index in [-0.39, 0.29) is 6.03 Å². The molecule has 26 heavy (non-hydrogen) atoms. The number of carbonyl (C=O) groups excluding carboxylic acids is 1. The SMILES string of the molecule is Cc1cc2n(n1)CCCN(C(=O)Nc1cccc(-c3csc(C)n3)c1)C2. The Labute approximate surface area is 156 Å². The van der Waals surface area contributed by atoms with Crippen molar-refractivity contribution in [3.63, 3.8) is 0 Å². The molecule has 2 aromatic heterocycles. The minimum absolute atomic E-state index is 0.0797. The van der Waals surface area contributed by atoms with Gasteiger partial charge in [-0.1, -0.05) is 12.1 Å². The maximum Gasteiger partial charge on any atom is 0.322 e. The summed E-state index contributed by atoms with van der Waals surface area (Å²) in [5.41, 5.74) is 4.82. The van der Waals surface area contributed by atoms with Crippen molar-refractivity contribution in [1.29, 1.82) is 0 Å². The van der Waals surface area contributed by atoms with Gasteiger partial charge in [0.2, 0.25) is 0 Å². The predicted octanol–water partition coefficient (Wildman–Crippen LogP) is 4.06. The molecule has 134 valence electrons. The summed E-state index contributed by atoms with van der Waals surface area (Å²) < 4.78 is 2.01. The predicted molar refractivity (Wildman–Crippen MR) is 103 cm³/mol. The van der Waals surface area contributed by atoms with Crippen LogP contribution in [0.1, 0.15) is 22.8 Å². The highest BCUT2D eigenvalue weighted by Gasteiger charge is 2.20. The third kappa shape index (κ3) is 3.48. The largest absolute Gasteiger partial charge is 0.322 e. The van der Waals surface area contributed by atoms with Crippen LogP contribution in [0.25, 0.3) is 11.3 Å². The van der Waals surface area contributed by atoms with Crippen LogP contribution >= 0.6 is 11.3 Å². The van der Waals surface area contributed by atoms with Crippen molar-refractivity contribution in [3.8, 4) is 11.3 Å². The summed E-state index contributed by atoms with van der Waals surface area (Å²) in [5.74, 6) is 0. The minimum Gasteiger partial charge on any atom is -0.319 e. The number of amides is 2. The molecule has 1 N–H and O–H groups in total. The number of rotatable bonds is 2. The van der Waals surface area contributed by atoms with E-state index >= 15 is 0 Å². The van der Waals surface area contributed by atoms with E-state index in [1.807, 2.05) is 53.1 Å². The highest BCUT2D eigenvalue weighted by atomic mass is 32.1. The topological polar surface area (TPSA) is 63.1 Å². The lowest BCUT2D eigenvalue weighted by molar-refractivity contribution is 0.210. The second kappa shape index (κ2) is 6.92. The Kier molecular flexibility index (Phi) is 4.46. The van der Waals surface area contributed by atoms with E-state index in [9.17, 15) is 4.79 Å². The zero-order valence-corrected chi connectivity index (χ0v) is 15.7. The number of carbonyl (C=O) groups is 1. The number of aromatic nitrogens is 3. The van der Waals surface area contributed by atoms with Gasteiger partial charge in [-0.3, -0.25) is 4.68 Å². The van der Waals surface area contributed by atoms with Crippen LogP contribution in [0.4, 0.5) is 10.5 Å².